The number of hydrogen-bond donors (Lipinski definition) is 0. The molecule has 0 saturated carbocycles. The normalized spacial score (nSPS) is 14.6. The van der Waals surface area contributed by atoms with E-state index in [4.69, 9.17) is 4.98 Å². The van der Waals surface area contributed by atoms with Crippen molar-refractivity contribution >= 4 is 5.82 Å². The van der Waals surface area contributed by atoms with E-state index in [0.717, 1.165) is 50.5 Å². The molecule has 0 atom stereocenters. The Kier molecular flexibility index (Phi) is 4.86. The average molecular weight is 311 g/mol. The highest BCUT2D eigenvalue weighted by molar-refractivity contribution is 5.37. The van der Waals surface area contributed by atoms with Crippen molar-refractivity contribution in [3.63, 3.8) is 0 Å². The van der Waals surface area contributed by atoms with Crippen molar-refractivity contribution in [3.05, 3.63) is 47.2 Å². The Morgan fingerprint density at radius 2 is 2.04 bits per heavy atom. The van der Waals surface area contributed by atoms with Gasteiger partial charge in [-0.25, -0.2) is 15.0 Å². The van der Waals surface area contributed by atoms with Crippen molar-refractivity contribution in [2.45, 2.75) is 39.3 Å². The summed E-state index contributed by atoms with van der Waals surface area (Å²) in [5.41, 5.74) is 3.76. The molecule has 0 radical (unpaired) electrons. The second kappa shape index (κ2) is 7.04. The van der Waals surface area contributed by atoms with Gasteiger partial charge < -0.3 is 4.90 Å². The Hall–Kier alpha value is -2.01. The van der Waals surface area contributed by atoms with Crippen LogP contribution in [-0.2, 0) is 25.9 Å². The van der Waals surface area contributed by atoms with E-state index in [2.05, 4.69) is 33.9 Å². The minimum Gasteiger partial charge on any atom is -0.363 e. The molecule has 1 aliphatic rings. The summed E-state index contributed by atoms with van der Waals surface area (Å²) in [5.74, 6) is 1.98. The van der Waals surface area contributed by atoms with Gasteiger partial charge in [-0.1, -0.05) is 13.0 Å². The van der Waals surface area contributed by atoms with Crippen LogP contribution in [0.3, 0.4) is 0 Å². The number of hydrogen-bond acceptors (Lipinski definition) is 5. The third-order valence-corrected chi connectivity index (χ3v) is 4.21. The van der Waals surface area contributed by atoms with Crippen LogP contribution >= 0.6 is 0 Å². The van der Waals surface area contributed by atoms with Crippen LogP contribution in [0.15, 0.2) is 24.5 Å². The van der Waals surface area contributed by atoms with Crippen molar-refractivity contribution in [2.75, 3.05) is 25.5 Å². The predicted octanol–water partition coefficient (Wildman–Crippen LogP) is 2.45. The predicted molar refractivity (Wildman–Crippen MR) is 92.4 cm³/mol. The smallest absolute Gasteiger partial charge is 0.128 e. The maximum Gasteiger partial charge on any atom is 0.128 e. The highest BCUT2D eigenvalue weighted by Gasteiger charge is 2.18. The minimum atomic E-state index is 0.927. The molecule has 5 nitrogen and oxygen atoms in total. The standard InChI is InChI=1S/C18H25N5/c1-4-5-17-19-11-15-13-23(9-8-16(15)21-17)12-14-6-7-18(20-10-14)22(2)3/h6-7,10-11H,4-5,8-9,12-13H2,1-3H3. The second-order valence-electron chi connectivity index (χ2n) is 6.39. The molecule has 0 fully saturated rings. The minimum absolute atomic E-state index is 0.927. The third-order valence-electron chi connectivity index (χ3n) is 4.21. The van der Waals surface area contributed by atoms with Gasteiger partial charge in [-0.05, 0) is 18.1 Å². The molecule has 0 spiro atoms. The fourth-order valence-corrected chi connectivity index (χ4v) is 2.93. The molecule has 0 saturated heterocycles. The van der Waals surface area contributed by atoms with Gasteiger partial charge >= 0.3 is 0 Å². The van der Waals surface area contributed by atoms with Crippen LogP contribution in [0.4, 0.5) is 5.82 Å². The molecule has 0 aromatic carbocycles. The maximum atomic E-state index is 4.72. The summed E-state index contributed by atoms with van der Waals surface area (Å²) in [6.45, 7) is 5.07. The van der Waals surface area contributed by atoms with Gasteiger partial charge in [-0.15, -0.1) is 0 Å². The van der Waals surface area contributed by atoms with Crippen molar-refractivity contribution in [1.29, 1.82) is 0 Å². The SMILES string of the molecule is CCCc1ncc2c(n1)CCN(Cc1ccc(N(C)C)nc1)C2. The molecule has 0 N–H and O–H groups in total. The summed E-state index contributed by atoms with van der Waals surface area (Å²) in [5, 5.41) is 0. The van der Waals surface area contributed by atoms with E-state index >= 15 is 0 Å². The molecule has 23 heavy (non-hydrogen) atoms. The van der Waals surface area contributed by atoms with Crippen molar-refractivity contribution < 1.29 is 0 Å². The molecule has 3 rings (SSSR count). The van der Waals surface area contributed by atoms with Crippen LogP contribution in [0.2, 0.25) is 0 Å². The Labute approximate surface area is 138 Å². The number of aryl methyl sites for hydroxylation is 1. The van der Waals surface area contributed by atoms with Crippen molar-refractivity contribution in [2.24, 2.45) is 0 Å². The third kappa shape index (κ3) is 3.85. The number of anilines is 1. The molecular weight excluding hydrogens is 286 g/mol. The van der Waals surface area contributed by atoms with Crippen molar-refractivity contribution in [1.82, 2.24) is 19.9 Å². The molecule has 122 valence electrons. The summed E-state index contributed by atoms with van der Waals surface area (Å²) in [7, 11) is 4.02. The zero-order valence-electron chi connectivity index (χ0n) is 14.3. The first-order valence-electron chi connectivity index (χ1n) is 8.34. The van der Waals surface area contributed by atoms with Crippen LogP contribution in [0.25, 0.3) is 0 Å². The van der Waals surface area contributed by atoms with Gasteiger partial charge in [0.15, 0.2) is 0 Å². The summed E-state index contributed by atoms with van der Waals surface area (Å²) >= 11 is 0. The highest BCUT2D eigenvalue weighted by Crippen LogP contribution is 2.19. The van der Waals surface area contributed by atoms with Crippen LogP contribution < -0.4 is 4.90 Å². The first-order chi connectivity index (χ1) is 11.2. The van der Waals surface area contributed by atoms with Gasteiger partial charge in [-0.3, -0.25) is 4.90 Å². The molecule has 1 aliphatic heterocycles. The molecule has 0 unspecified atom stereocenters. The number of rotatable bonds is 5. The lowest BCUT2D eigenvalue weighted by atomic mass is 10.1. The summed E-state index contributed by atoms with van der Waals surface area (Å²) in [4.78, 5) is 18.2. The second-order valence-corrected chi connectivity index (χ2v) is 6.39. The van der Waals surface area contributed by atoms with Crippen molar-refractivity contribution in [3.8, 4) is 0 Å². The van der Waals surface area contributed by atoms with E-state index in [0.29, 0.717) is 0 Å². The number of nitrogens with zero attached hydrogens (tertiary/aromatic N) is 5. The Morgan fingerprint density at radius 3 is 2.74 bits per heavy atom. The monoisotopic (exact) mass is 311 g/mol. The highest BCUT2D eigenvalue weighted by atomic mass is 15.1. The maximum absolute atomic E-state index is 4.72. The first-order valence-corrected chi connectivity index (χ1v) is 8.34. The molecule has 0 aliphatic carbocycles. The van der Waals surface area contributed by atoms with Gasteiger partial charge in [0.2, 0.25) is 0 Å². The van der Waals surface area contributed by atoms with E-state index < -0.39 is 0 Å². The summed E-state index contributed by atoms with van der Waals surface area (Å²) < 4.78 is 0. The Balaban J connectivity index is 1.65. The lowest BCUT2D eigenvalue weighted by Crippen LogP contribution is -2.31. The lowest BCUT2D eigenvalue weighted by molar-refractivity contribution is 0.242. The van der Waals surface area contributed by atoms with Crippen LogP contribution in [-0.4, -0.2) is 40.5 Å². The first kappa shape index (κ1) is 15.9. The van der Waals surface area contributed by atoms with Crippen LogP contribution in [0, 0.1) is 0 Å². The van der Waals surface area contributed by atoms with Gasteiger partial charge in [0.1, 0.15) is 11.6 Å². The molecule has 5 heteroatoms. The fourth-order valence-electron chi connectivity index (χ4n) is 2.93. The molecule has 2 aromatic rings. The van der Waals surface area contributed by atoms with E-state index in [-0.39, 0.29) is 0 Å². The molecule has 3 heterocycles. The number of pyridine rings is 1. The van der Waals surface area contributed by atoms with Gasteiger partial charge in [0, 0.05) is 70.2 Å². The van der Waals surface area contributed by atoms with Crippen LogP contribution in [0.5, 0.6) is 0 Å². The zero-order valence-corrected chi connectivity index (χ0v) is 14.3. The molecule has 2 aromatic heterocycles. The van der Waals surface area contributed by atoms with E-state index in [1.54, 1.807) is 0 Å². The van der Waals surface area contributed by atoms with Gasteiger partial charge in [-0.2, -0.15) is 0 Å². The average Bonchev–Trinajstić information content (AvgIpc) is 2.56. The Morgan fingerprint density at radius 1 is 1.17 bits per heavy atom. The van der Waals surface area contributed by atoms with Gasteiger partial charge in [0.05, 0.1) is 0 Å². The largest absolute Gasteiger partial charge is 0.363 e. The van der Waals surface area contributed by atoms with E-state index in [9.17, 15) is 0 Å². The van der Waals surface area contributed by atoms with Crippen LogP contribution in [0.1, 0.15) is 36.0 Å². The van der Waals surface area contributed by atoms with Gasteiger partial charge in [0.25, 0.3) is 0 Å². The fraction of sp³-hybridized carbons (Fsp3) is 0.500. The molecular formula is C18H25N5. The number of aromatic nitrogens is 3. The molecule has 0 bridgehead atoms. The topological polar surface area (TPSA) is 45.2 Å². The molecule has 0 amide bonds. The Bertz CT molecular complexity index is 651. The zero-order chi connectivity index (χ0) is 16.2. The summed E-state index contributed by atoms with van der Waals surface area (Å²) in [6, 6.07) is 4.24. The quantitative estimate of drug-likeness (QED) is 0.849. The summed E-state index contributed by atoms with van der Waals surface area (Å²) in [6.07, 6.45) is 7.08. The van der Waals surface area contributed by atoms with E-state index in [1.165, 1.54) is 16.8 Å². The number of fused-ring (bicyclic) bond motifs is 1. The lowest BCUT2D eigenvalue weighted by Gasteiger charge is -2.28. The van der Waals surface area contributed by atoms with E-state index in [1.807, 2.05) is 31.4 Å².